The van der Waals surface area contributed by atoms with Crippen LogP contribution < -0.4 is 5.73 Å². The van der Waals surface area contributed by atoms with Crippen molar-refractivity contribution in [2.24, 2.45) is 17.6 Å². The smallest absolute Gasteiger partial charge is 0.240 e. The van der Waals surface area contributed by atoms with Crippen molar-refractivity contribution in [3.63, 3.8) is 0 Å². The van der Waals surface area contributed by atoms with Gasteiger partial charge in [0, 0.05) is 19.1 Å². The predicted octanol–water partition coefficient (Wildman–Crippen LogP) is 1.30. The van der Waals surface area contributed by atoms with Crippen LogP contribution in [0.1, 0.15) is 39.5 Å². The molecular formula is C15H29N3O. The molecule has 2 atom stereocenters. The van der Waals surface area contributed by atoms with Crippen LogP contribution in [0.5, 0.6) is 0 Å². The van der Waals surface area contributed by atoms with Gasteiger partial charge >= 0.3 is 0 Å². The van der Waals surface area contributed by atoms with Gasteiger partial charge in [-0.3, -0.25) is 4.79 Å². The highest BCUT2D eigenvalue weighted by atomic mass is 16.2. The molecule has 0 spiro atoms. The number of likely N-dealkylation sites (tertiary alicyclic amines) is 1. The molecule has 2 unspecified atom stereocenters. The molecule has 1 heterocycles. The monoisotopic (exact) mass is 267 g/mol. The van der Waals surface area contributed by atoms with Crippen molar-refractivity contribution in [3.8, 4) is 0 Å². The summed E-state index contributed by atoms with van der Waals surface area (Å²) in [6, 6.07) is 0.145. The van der Waals surface area contributed by atoms with E-state index in [0.29, 0.717) is 12.0 Å². The van der Waals surface area contributed by atoms with E-state index >= 15 is 0 Å². The van der Waals surface area contributed by atoms with E-state index < -0.39 is 0 Å². The van der Waals surface area contributed by atoms with Gasteiger partial charge in [0.05, 0.1) is 6.04 Å². The number of carbonyl (C=O) groups is 1. The van der Waals surface area contributed by atoms with E-state index in [4.69, 9.17) is 5.73 Å². The fraction of sp³-hybridized carbons (Fsp3) is 0.933. The summed E-state index contributed by atoms with van der Waals surface area (Å²) in [4.78, 5) is 17.0. The minimum Gasteiger partial charge on any atom is -0.338 e. The van der Waals surface area contributed by atoms with Crippen LogP contribution in [-0.4, -0.2) is 54.5 Å². The molecular weight excluding hydrogens is 238 g/mol. The van der Waals surface area contributed by atoms with Gasteiger partial charge in [-0.2, -0.15) is 0 Å². The van der Waals surface area contributed by atoms with Crippen LogP contribution in [0, 0.1) is 11.8 Å². The van der Waals surface area contributed by atoms with Gasteiger partial charge in [-0.1, -0.05) is 13.8 Å². The van der Waals surface area contributed by atoms with Crippen LogP contribution in [0.2, 0.25) is 0 Å². The molecule has 0 bridgehead atoms. The first-order valence-corrected chi connectivity index (χ1v) is 7.73. The summed E-state index contributed by atoms with van der Waals surface area (Å²) in [5, 5.41) is 0. The molecule has 19 heavy (non-hydrogen) atoms. The minimum atomic E-state index is -0.332. The van der Waals surface area contributed by atoms with E-state index in [1.165, 1.54) is 32.2 Å². The van der Waals surface area contributed by atoms with E-state index in [1.54, 1.807) is 0 Å². The maximum Gasteiger partial charge on any atom is 0.240 e. The first-order valence-electron chi connectivity index (χ1n) is 7.73. The summed E-state index contributed by atoms with van der Waals surface area (Å²) in [6.07, 6.45) is 4.83. The Labute approximate surface area is 117 Å². The third-order valence-electron chi connectivity index (χ3n) is 4.45. The lowest BCUT2D eigenvalue weighted by Crippen LogP contribution is -2.50. The van der Waals surface area contributed by atoms with Gasteiger partial charge in [-0.05, 0) is 51.1 Å². The van der Waals surface area contributed by atoms with Gasteiger partial charge in [0.15, 0.2) is 0 Å². The third kappa shape index (κ3) is 3.93. The molecule has 1 aliphatic carbocycles. The molecule has 1 amide bonds. The topological polar surface area (TPSA) is 49.6 Å². The van der Waals surface area contributed by atoms with Crippen molar-refractivity contribution >= 4 is 5.91 Å². The molecule has 1 saturated carbocycles. The average Bonchev–Trinajstić information content (AvgIpc) is 3.18. The maximum absolute atomic E-state index is 12.5. The Morgan fingerprint density at radius 2 is 2.05 bits per heavy atom. The van der Waals surface area contributed by atoms with Gasteiger partial charge in [0.2, 0.25) is 5.91 Å². The second-order valence-corrected chi connectivity index (χ2v) is 6.76. The Balaban J connectivity index is 1.94. The molecule has 2 rings (SSSR count). The highest BCUT2D eigenvalue weighted by Crippen LogP contribution is 2.30. The molecule has 0 aromatic carbocycles. The van der Waals surface area contributed by atoms with Crippen molar-refractivity contribution in [2.45, 2.75) is 51.6 Å². The third-order valence-corrected chi connectivity index (χ3v) is 4.45. The molecule has 2 N–H and O–H groups in total. The van der Waals surface area contributed by atoms with Crippen LogP contribution in [0.3, 0.4) is 0 Å². The van der Waals surface area contributed by atoms with E-state index in [1.807, 2.05) is 13.8 Å². The first kappa shape index (κ1) is 14.8. The lowest BCUT2D eigenvalue weighted by Gasteiger charge is -2.35. The van der Waals surface area contributed by atoms with Crippen LogP contribution in [-0.2, 0) is 4.79 Å². The molecule has 4 heteroatoms. The Bertz CT molecular complexity index is 315. The van der Waals surface area contributed by atoms with E-state index in [0.717, 1.165) is 13.1 Å². The molecule has 0 aromatic rings. The molecule has 0 aromatic heterocycles. The molecule has 2 fully saturated rings. The lowest BCUT2D eigenvalue weighted by atomic mass is 9.96. The fourth-order valence-electron chi connectivity index (χ4n) is 2.98. The molecule has 1 saturated heterocycles. The fourth-order valence-corrected chi connectivity index (χ4v) is 2.98. The molecule has 110 valence electrons. The summed E-state index contributed by atoms with van der Waals surface area (Å²) in [5.74, 6) is 1.02. The molecule has 1 aliphatic heterocycles. The van der Waals surface area contributed by atoms with Crippen molar-refractivity contribution in [2.75, 3.05) is 26.7 Å². The van der Waals surface area contributed by atoms with Crippen LogP contribution in [0.15, 0.2) is 0 Å². The van der Waals surface area contributed by atoms with E-state index in [-0.39, 0.29) is 17.9 Å². The zero-order valence-electron chi connectivity index (χ0n) is 12.6. The number of carbonyl (C=O) groups excluding carboxylic acids is 1. The first-order chi connectivity index (χ1) is 8.99. The maximum atomic E-state index is 12.5. The number of nitrogens with two attached hydrogens (primary N) is 1. The van der Waals surface area contributed by atoms with Crippen LogP contribution in [0.4, 0.5) is 0 Å². The average molecular weight is 267 g/mol. The van der Waals surface area contributed by atoms with Gasteiger partial charge in [0.25, 0.3) is 0 Å². The quantitative estimate of drug-likeness (QED) is 0.817. The van der Waals surface area contributed by atoms with Crippen molar-refractivity contribution in [1.29, 1.82) is 0 Å². The SMILES string of the molecule is CC(C)C(N)C(=O)N(CC1CCCN(C)C1)C1CC1. The van der Waals surface area contributed by atoms with Crippen molar-refractivity contribution < 1.29 is 4.79 Å². The number of amides is 1. The Kier molecular flexibility index (Phi) is 4.85. The number of piperidine rings is 1. The Morgan fingerprint density at radius 3 is 2.58 bits per heavy atom. The number of rotatable bonds is 5. The summed E-state index contributed by atoms with van der Waals surface area (Å²) in [7, 11) is 2.18. The van der Waals surface area contributed by atoms with Crippen molar-refractivity contribution in [3.05, 3.63) is 0 Å². The largest absolute Gasteiger partial charge is 0.338 e. The number of nitrogens with zero attached hydrogens (tertiary/aromatic N) is 2. The standard InChI is InChI=1S/C15H29N3O/c1-11(2)14(16)15(19)18(13-6-7-13)10-12-5-4-8-17(3)9-12/h11-14H,4-10,16H2,1-3H3. The predicted molar refractivity (Wildman–Crippen MR) is 77.8 cm³/mol. The summed E-state index contributed by atoms with van der Waals surface area (Å²) in [5.41, 5.74) is 6.06. The second kappa shape index (κ2) is 6.23. The lowest BCUT2D eigenvalue weighted by molar-refractivity contribution is -0.135. The zero-order chi connectivity index (χ0) is 14.0. The summed E-state index contributed by atoms with van der Waals surface area (Å²) >= 11 is 0. The number of hydrogen-bond donors (Lipinski definition) is 1. The van der Waals surface area contributed by atoms with Crippen molar-refractivity contribution in [1.82, 2.24) is 9.80 Å². The normalized spacial score (nSPS) is 26.5. The molecule has 0 radical (unpaired) electrons. The van der Waals surface area contributed by atoms with Gasteiger partial charge in [0.1, 0.15) is 0 Å². The summed E-state index contributed by atoms with van der Waals surface area (Å²) in [6.45, 7) is 7.28. The van der Waals surface area contributed by atoms with Gasteiger partial charge in [-0.15, -0.1) is 0 Å². The van der Waals surface area contributed by atoms with Crippen LogP contribution >= 0.6 is 0 Å². The van der Waals surface area contributed by atoms with E-state index in [2.05, 4.69) is 16.8 Å². The zero-order valence-corrected chi connectivity index (χ0v) is 12.6. The highest BCUT2D eigenvalue weighted by Gasteiger charge is 2.37. The Morgan fingerprint density at radius 1 is 1.37 bits per heavy atom. The van der Waals surface area contributed by atoms with Gasteiger partial charge in [-0.25, -0.2) is 0 Å². The van der Waals surface area contributed by atoms with Gasteiger partial charge < -0.3 is 15.5 Å². The summed E-state index contributed by atoms with van der Waals surface area (Å²) < 4.78 is 0. The Hall–Kier alpha value is -0.610. The molecule has 2 aliphatic rings. The van der Waals surface area contributed by atoms with Crippen LogP contribution in [0.25, 0.3) is 0 Å². The highest BCUT2D eigenvalue weighted by molar-refractivity contribution is 5.82. The molecule has 4 nitrogen and oxygen atoms in total. The van der Waals surface area contributed by atoms with E-state index in [9.17, 15) is 4.79 Å². The second-order valence-electron chi connectivity index (χ2n) is 6.76. The number of hydrogen-bond acceptors (Lipinski definition) is 3. The minimum absolute atomic E-state index is 0.172.